The number of sulfonamides is 1. The summed E-state index contributed by atoms with van der Waals surface area (Å²) in [5.74, 6) is -3.27. The number of imide groups is 1. The van der Waals surface area contributed by atoms with Crippen LogP contribution in [-0.2, 0) is 29.1 Å². The summed E-state index contributed by atoms with van der Waals surface area (Å²) in [4.78, 5) is 51.0. The van der Waals surface area contributed by atoms with Crippen LogP contribution >= 0.6 is 11.6 Å². The van der Waals surface area contributed by atoms with Crippen molar-refractivity contribution in [2.75, 3.05) is 17.6 Å². The minimum Gasteiger partial charge on any atom is -0.433 e. The molecule has 0 spiro atoms. The van der Waals surface area contributed by atoms with Gasteiger partial charge in [0, 0.05) is 17.6 Å². The third-order valence-electron chi connectivity index (χ3n) is 8.30. The van der Waals surface area contributed by atoms with E-state index in [0.29, 0.717) is 11.3 Å². The van der Waals surface area contributed by atoms with E-state index in [2.05, 4.69) is 17.0 Å². The van der Waals surface area contributed by atoms with E-state index in [-0.39, 0.29) is 11.4 Å². The summed E-state index contributed by atoms with van der Waals surface area (Å²) in [6.45, 7) is 7.26. The van der Waals surface area contributed by atoms with E-state index in [1.807, 2.05) is 0 Å². The molecule has 0 radical (unpaired) electrons. The standard InChI is InChI=1S/C34H54ClN3O7S/c1-6-7-8-9-10-11-12-13-14-15-16-17-18-22-25-46(43,44)36-26-32(2,3)28(39)34(35,29(40)37-27-23-20-19-21-24-27)38-30(41)33(4,5)45-31(38)42/h19-21,23-24,36H,6-18,22,25-26H2,1-5H3,(H,37,40). The van der Waals surface area contributed by atoms with Crippen molar-refractivity contribution in [2.45, 2.75) is 135 Å². The lowest BCUT2D eigenvalue weighted by Crippen LogP contribution is -2.64. The maximum absolute atomic E-state index is 14.0. The number of cyclic esters (lactones) is 1. The second-order valence-electron chi connectivity index (χ2n) is 13.4. The van der Waals surface area contributed by atoms with Gasteiger partial charge in [-0.2, -0.15) is 0 Å². The van der Waals surface area contributed by atoms with Gasteiger partial charge in [-0.25, -0.2) is 22.8 Å². The van der Waals surface area contributed by atoms with Crippen molar-refractivity contribution in [1.29, 1.82) is 0 Å². The van der Waals surface area contributed by atoms with Crippen LogP contribution < -0.4 is 10.0 Å². The lowest BCUT2D eigenvalue weighted by Gasteiger charge is -2.36. The van der Waals surface area contributed by atoms with E-state index in [0.717, 1.165) is 25.7 Å². The fourth-order valence-electron chi connectivity index (χ4n) is 5.34. The minimum absolute atomic E-state index is 0.110. The molecule has 2 N–H and O–H groups in total. The Balaban J connectivity index is 1.91. The SMILES string of the molecule is CCCCCCCCCCCCCCCCS(=O)(=O)NCC(C)(C)C(=O)C(Cl)(C(=O)Nc1ccccc1)N1C(=O)OC(C)(C)C1=O. The number of nitrogens with zero attached hydrogens (tertiary/aromatic N) is 1. The van der Waals surface area contributed by atoms with Crippen LogP contribution in [0.1, 0.15) is 125 Å². The number of carbonyl (C=O) groups is 4. The quantitative estimate of drug-likeness (QED) is 0.0533. The normalized spacial score (nSPS) is 16.3. The first-order valence-corrected chi connectivity index (χ1v) is 18.8. The highest BCUT2D eigenvalue weighted by Gasteiger charge is 2.64. The number of halogens is 1. The van der Waals surface area contributed by atoms with Crippen molar-refractivity contribution in [2.24, 2.45) is 5.41 Å². The lowest BCUT2D eigenvalue weighted by atomic mass is 9.82. The van der Waals surface area contributed by atoms with Gasteiger partial charge in [0.2, 0.25) is 10.0 Å². The molecule has 260 valence electrons. The van der Waals surface area contributed by atoms with E-state index >= 15 is 0 Å². The van der Waals surface area contributed by atoms with Crippen LogP contribution in [0.15, 0.2) is 30.3 Å². The van der Waals surface area contributed by atoms with Crippen LogP contribution in [0.5, 0.6) is 0 Å². The number of rotatable bonds is 23. The number of nitrogens with one attached hydrogen (secondary N) is 2. The van der Waals surface area contributed by atoms with Gasteiger partial charge in [-0.1, -0.05) is 134 Å². The van der Waals surface area contributed by atoms with Crippen molar-refractivity contribution in [3.05, 3.63) is 30.3 Å². The average molecular weight is 684 g/mol. The number of Topliss-reactive ketones (excluding diaryl/α,β-unsaturated/α-hetero) is 1. The van der Waals surface area contributed by atoms with Crippen LogP contribution in [0.3, 0.4) is 0 Å². The smallest absolute Gasteiger partial charge is 0.420 e. The monoisotopic (exact) mass is 683 g/mol. The van der Waals surface area contributed by atoms with E-state index < -0.39 is 56.3 Å². The summed E-state index contributed by atoms with van der Waals surface area (Å²) in [6, 6.07) is 8.09. The Morgan fingerprint density at radius 2 is 1.33 bits per heavy atom. The molecule has 0 bridgehead atoms. The molecule has 1 aliphatic rings. The Labute approximate surface area is 280 Å². The number of alkyl halides is 1. The zero-order chi connectivity index (χ0) is 34.4. The van der Waals surface area contributed by atoms with Gasteiger partial charge in [-0.05, 0) is 32.4 Å². The fraction of sp³-hybridized carbons (Fsp3) is 0.706. The van der Waals surface area contributed by atoms with Gasteiger partial charge < -0.3 is 10.1 Å². The largest absolute Gasteiger partial charge is 0.433 e. The van der Waals surface area contributed by atoms with E-state index in [1.54, 1.807) is 30.3 Å². The number of amides is 3. The zero-order valence-corrected chi connectivity index (χ0v) is 29.9. The zero-order valence-electron chi connectivity index (χ0n) is 28.3. The van der Waals surface area contributed by atoms with Gasteiger partial charge in [0.05, 0.1) is 5.75 Å². The molecule has 0 aromatic heterocycles. The Kier molecular flexibility index (Phi) is 15.7. The van der Waals surface area contributed by atoms with E-state index in [9.17, 15) is 27.6 Å². The number of unbranched alkanes of at least 4 members (excludes halogenated alkanes) is 13. The predicted molar refractivity (Wildman–Crippen MR) is 182 cm³/mol. The maximum atomic E-state index is 14.0. The first-order valence-electron chi connectivity index (χ1n) is 16.7. The van der Waals surface area contributed by atoms with Crippen LogP contribution in [0.25, 0.3) is 0 Å². The number of hydrogen-bond acceptors (Lipinski definition) is 7. The number of ether oxygens (including phenoxy) is 1. The molecule has 46 heavy (non-hydrogen) atoms. The topological polar surface area (TPSA) is 139 Å². The maximum Gasteiger partial charge on any atom is 0.420 e. The summed E-state index contributed by atoms with van der Waals surface area (Å²) in [7, 11) is -3.76. The Morgan fingerprint density at radius 1 is 0.848 bits per heavy atom. The van der Waals surface area contributed by atoms with Gasteiger partial charge in [0.1, 0.15) is 0 Å². The molecule has 1 aromatic rings. The number of benzene rings is 1. The van der Waals surface area contributed by atoms with Gasteiger partial charge in [-0.15, -0.1) is 0 Å². The molecule has 2 rings (SSSR count). The molecule has 1 aromatic carbocycles. The van der Waals surface area contributed by atoms with Gasteiger partial charge in [-0.3, -0.25) is 14.4 Å². The van der Waals surface area contributed by atoms with Crippen molar-refractivity contribution >= 4 is 51.0 Å². The molecule has 1 aliphatic heterocycles. The van der Waals surface area contributed by atoms with E-state index in [1.165, 1.54) is 85.5 Å². The summed E-state index contributed by atoms with van der Waals surface area (Å²) in [5.41, 5.74) is -2.99. The molecule has 0 saturated carbocycles. The van der Waals surface area contributed by atoms with Crippen LogP contribution in [0, 0.1) is 5.41 Å². The molecule has 3 amide bonds. The second-order valence-corrected chi connectivity index (χ2v) is 15.9. The number of para-hydroxylation sites is 1. The molecule has 0 aliphatic carbocycles. The first-order chi connectivity index (χ1) is 21.6. The number of ketones is 1. The Morgan fingerprint density at radius 3 is 1.78 bits per heavy atom. The predicted octanol–water partition coefficient (Wildman–Crippen LogP) is 7.31. The van der Waals surface area contributed by atoms with E-state index in [4.69, 9.17) is 16.3 Å². The highest BCUT2D eigenvalue weighted by molar-refractivity contribution is 7.89. The Hall–Kier alpha value is -2.50. The lowest BCUT2D eigenvalue weighted by molar-refractivity contribution is -0.148. The molecule has 10 nitrogen and oxygen atoms in total. The molecular formula is C34H54ClN3O7S. The number of hydrogen-bond donors (Lipinski definition) is 2. The molecule has 1 fully saturated rings. The number of carbonyl (C=O) groups excluding carboxylic acids is 4. The van der Waals surface area contributed by atoms with Crippen LogP contribution in [-0.4, -0.2) is 59.9 Å². The molecule has 1 saturated heterocycles. The highest BCUT2D eigenvalue weighted by Crippen LogP contribution is 2.39. The Bertz CT molecular complexity index is 1270. The van der Waals surface area contributed by atoms with Crippen LogP contribution in [0.4, 0.5) is 10.5 Å². The summed E-state index contributed by atoms with van der Waals surface area (Å²) in [6.07, 6.45) is 14.9. The van der Waals surface area contributed by atoms with Gasteiger partial charge in [0.15, 0.2) is 11.4 Å². The van der Waals surface area contributed by atoms with Crippen molar-refractivity contribution in [3.63, 3.8) is 0 Å². The van der Waals surface area contributed by atoms with Crippen molar-refractivity contribution in [3.8, 4) is 0 Å². The summed E-state index contributed by atoms with van der Waals surface area (Å²) in [5, 5.41) is 2.49. The van der Waals surface area contributed by atoms with Crippen LogP contribution in [0.2, 0.25) is 0 Å². The van der Waals surface area contributed by atoms with Crippen molar-refractivity contribution < 1.29 is 32.3 Å². The highest BCUT2D eigenvalue weighted by atomic mass is 35.5. The molecule has 12 heteroatoms. The molecule has 1 heterocycles. The fourth-order valence-corrected chi connectivity index (χ4v) is 7.10. The molecular weight excluding hydrogens is 630 g/mol. The second kappa shape index (κ2) is 18.2. The van der Waals surface area contributed by atoms with Gasteiger partial charge in [0.25, 0.3) is 16.8 Å². The minimum atomic E-state index is -3.76. The first kappa shape index (κ1) is 39.7. The molecule has 1 atom stereocenters. The average Bonchev–Trinajstić information content (AvgIpc) is 3.21. The van der Waals surface area contributed by atoms with Gasteiger partial charge >= 0.3 is 6.09 Å². The third kappa shape index (κ3) is 11.6. The number of anilines is 1. The summed E-state index contributed by atoms with van der Waals surface area (Å²) >= 11 is 6.72. The van der Waals surface area contributed by atoms with Crippen molar-refractivity contribution in [1.82, 2.24) is 9.62 Å². The third-order valence-corrected chi connectivity index (χ3v) is 10.2. The summed E-state index contributed by atoms with van der Waals surface area (Å²) < 4.78 is 33.2. The molecule has 1 unspecified atom stereocenters.